The number of esters is 1. The smallest absolute Gasteiger partial charge is 0.335 e. The zero-order valence-corrected chi connectivity index (χ0v) is 18.4. The van der Waals surface area contributed by atoms with Crippen molar-refractivity contribution in [2.24, 2.45) is 4.99 Å². The maximum atomic E-state index is 12.5. The number of carbonyl (C=O) groups is 1. The predicted octanol–water partition coefficient (Wildman–Crippen LogP) is 1.92. The SMILES string of the molecule is COC(=O)[C@H](Cc1c[nH]c2ccccc12)N=Cc1c(O)n(-c2ccccc2OC)c(=O)[nH]c1=O. The van der Waals surface area contributed by atoms with Gasteiger partial charge in [-0.1, -0.05) is 30.3 Å². The van der Waals surface area contributed by atoms with E-state index in [0.29, 0.717) is 5.75 Å². The van der Waals surface area contributed by atoms with E-state index in [1.807, 2.05) is 24.3 Å². The average molecular weight is 462 g/mol. The lowest BCUT2D eigenvalue weighted by Crippen LogP contribution is -2.32. The molecule has 2 heterocycles. The number of hydrogen-bond donors (Lipinski definition) is 3. The van der Waals surface area contributed by atoms with Gasteiger partial charge in [0.2, 0.25) is 5.88 Å². The van der Waals surface area contributed by atoms with Crippen LogP contribution in [0.15, 0.2) is 69.3 Å². The quantitative estimate of drug-likeness (QED) is 0.283. The highest BCUT2D eigenvalue weighted by Crippen LogP contribution is 2.25. The van der Waals surface area contributed by atoms with Crippen LogP contribution in [0.25, 0.3) is 16.6 Å². The van der Waals surface area contributed by atoms with Crippen LogP contribution in [0.4, 0.5) is 0 Å². The highest BCUT2D eigenvalue weighted by atomic mass is 16.5. The standard InChI is InChI=1S/C24H22N4O6/c1-33-20-10-6-5-9-19(20)28-22(30)16(21(29)27-24(28)32)13-26-18(23(31)34-2)11-14-12-25-17-8-4-3-7-15(14)17/h3-10,12-13,18,25,30H,11H2,1-2H3,(H,27,29,32)/t18-/m0/s1. The maximum Gasteiger partial charge on any atom is 0.335 e. The van der Waals surface area contributed by atoms with Crippen LogP contribution in [0.1, 0.15) is 11.1 Å². The lowest BCUT2D eigenvalue weighted by Gasteiger charge is -2.13. The summed E-state index contributed by atoms with van der Waals surface area (Å²) in [5.41, 5.74) is -0.0380. The maximum absolute atomic E-state index is 12.5. The zero-order chi connectivity index (χ0) is 24.2. The molecule has 0 fully saturated rings. The molecular formula is C24H22N4O6. The van der Waals surface area contributed by atoms with Crippen molar-refractivity contribution >= 4 is 23.1 Å². The van der Waals surface area contributed by atoms with Gasteiger partial charge in [-0.3, -0.25) is 14.8 Å². The van der Waals surface area contributed by atoms with E-state index in [4.69, 9.17) is 9.47 Å². The topological polar surface area (TPSA) is 139 Å². The van der Waals surface area contributed by atoms with Gasteiger partial charge >= 0.3 is 11.7 Å². The number of benzene rings is 2. The monoisotopic (exact) mass is 462 g/mol. The highest BCUT2D eigenvalue weighted by molar-refractivity contribution is 5.87. The predicted molar refractivity (Wildman–Crippen MR) is 126 cm³/mol. The summed E-state index contributed by atoms with van der Waals surface area (Å²) in [5, 5.41) is 11.7. The lowest BCUT2D eigenvalue weighted by molar-refractivity contribution is -0.142. The molecule has 4 aromatic rings. The van der Waals surface area contributed by atoms with E-state index in [1.165, 1.54) is 14.2 Å². The number of aliphatic imine (C=N–C) groups is 1. The summed E-state index contributed by atoms with van der Waals surface area (Å²) in [6.07, 6.45) is 3.04. The molecule has 0 bridgehead atoms. The summed E-state index contributed by atoms with van der Waals surface area (Å²) < 4.78 is 11.0. The number of carbonyl (C=O) groups excluding carboxylic acids is 1. The van der Waals surface area contributed by atoms with E-state index in [9.17, 15) is 19.5 Å². The number of H-pyrrole nitrogens is 2. The fourth-order valence-electron chi connectivity index (χ4n) is 3.70. The van der Waals surface area contributed by atoms with Gasteiger partial charge in [0.25, 0.3) is 5.56 Å². The molecule has 2 aromatic heterocycles. The number of nitrogens with one attached hydrogen (secondary N) is 2. The van der Waals surface area contributed by atoms with E-state index in [2.05, 4.69) is 15.0 Å². The Kier molecular flexibility index (Phi) is 6.30. The minimum atomic E-state index is -0.991. The molecule has 0 spiro atoms. The molecule has 34 heavy (non-hydrogen) atoms. The van der Waals surface area contributed by atoms with Crippen molar-refractivity contribution in [3.8, 4) is 17.3 Å². The molecule has 2 aromatic carbocycles. The van der Waals surface area contributed by atoms with Crippen molar-refractivity contribution in [2.75, 3.05) is 14.2 Å². The average Bonchev–Trinajstić information content (AvgIpc) is 3.25. The molecule has 0 aliphatic rings. The number of rotatable bonds is 7. The first kappa shape index (κ1) is 22.6. The van der Waals surface area contributed by atoms with Gasteiger partial charge in [-0.15, -0.1) is 0 Å². The van der Waals surface area contributed by atoms with E-state index >= 15 is 0 Å². The highest BCUT2D eigenvalue weighted by Gasteiger charge is 2.22. The fourth-order valence-corrected chi connectivity index (χ4v) is 3.70. The number of para-hydroxylation sites is 3. The van der Waals surface area contributed by atoms with Crippen molar-refractivity contribution < 1.29 is 19.4 Å². The first-order valence-corrected chi connectivity index (χ1v) is 10.3. The van der Waals surface area contributed by atoms with Gasteiger partial charge in [0.05, 0.1) is 19.9 Å². The van der Waals surface area contributed by atoms with Gasteiger partial charge in [0.15, 0.2) is 6.04 Å². The Morgan fingerprint density at radius 3 is 2.65 bits per heavy atom. The fraction of sp³-hybridized carbons (Fsp3) is 0.167. The number of nitrogens with zero attached hydrogens (tertiary/aromatic N) is 2. The number of fused-ring (bicyclic) bond motifs is 1. The molecule has 0 aliphatic heterocycles. The third-order valence-corrected chi connectivity index (χ3v) is 5.39. The minimum absolute atomic E-state index is 0.192. The zero-order valence-electron chi connectivity index (χ0n) is 18.4. The van der Waals surface area contributed by atoms with Crippen LogP contribution in [0.2, 0.25) is 0 Å². The van der Waals surface area contributed by atoms with Crippen LogP contribution in [-0.2, 0) is 16.0 Å². The molecule has 0 radical (unpaired) electrons. The van der Waals surface area contributed by atoms with Crippen LogP contribution in [0.5, 0.6) is 11.6 Å². The molecule has 174 valence electrons. The van der Waals surface area contributed by atoms with Gasteiger partial charge in [-0.25, -0.2) is 14.2 Å². The van der Waals surface area contributed by atoms with Crippen molar-refractivity contribution in [3.05, 3.63) is 86.7 Å². The van der Waals surface area contributed by atoms with E-state index in [0.717, 1.165) is 27.2 Å². The Labute approximate surface area is 193 Å². The molecule has 0 saturated carbocycles. The first-order valence-electron chi connectivity index (χ1n) is 10.3. The summed E-state index contributed by atoms with van der Waals surface area (Å²) in [6, 6.07) is 13.1. The molecule has 0 unspecified atom stereocenters. The second-order valence-electron chi connectivity index (χ2n) is 7.38. The van der Waals surface area contributed by atoms with Crippen LogP contribution < -0.4 is 16.0 Å². The third kappa shape index (κ3) is 4.20. The van der Waals surface area contributed by atoms with Gasteiger partial charge < -0.3 is 19.6 Å². The Balaban J connectivity index is 1.75. The molecule has 0 amide bonds. The lowest BCUT2D eigenvalue weighted by atomic mass is 10.1. The van der Waals surface area contributed by atoms with E-state index < -0.39 is 29.1 Å². The summed E-state index contributed by atoms with van der Waals surface area (Å²) >= 11 is 0. The van der Waals surface area contributed by atoms with E-state index in [1.54, 1.807) is 30.5 Å². The molecule has 10 nitrogen and oxygen atoms in total. The van der Waals surface area contributed by atoms with Gasteiger partial charge in [-0.2, -0.15) is 0 Å². The Morgan fingerprint density at radius 1 is 1.15 bits per heavy atom. The third-order valence-electron chi connectivity index (χ3n) is 5.39. The summed E-state index contributed by atoms with van der Waals surface area (Å²) in [6.45, 7) is 0. The largest absolute Gasteiger partial charge is 0.495 e. The van der Waals surface area contributed by atoms with Crippen LogP contribution in [0, 0.1) is 0 Å². The van der Waals surface area contributed by atoms with E-state index in [-0.39, 0.29) is 17.7 Å². The first-order chi connectivity index (χ1) is 16.4. The molecular weight excluding hydrogens is 440 g/mol. The van der Waals surface area contributed by atoms with Crippen LogP contribution in [-0.4, -0.2) is 52.1 Å². The summed E-state index contributed by atoms with van der Waals surface area (Å²) in [4.78, 5) is 46.9. The molecule has 3 N–H and O–H groups in total. The second kappa shape index (κ2) is 9.49. The summed E-state index contributed by atoms with van der Waals surface area (Å²) in [5.74, 6) is -0.949. The number of aromatic amines is 2. The second-order valence-corrected chi connectivity index (χ2v) is 7.38. The number of methoxy groups -OCH3 is 2. The number of hydrogen-bond acceptors (Lipinski definition) is 7. The molecule has 0 saturated heterocycles. The van der Waals surface area contributed by atoms with Crippen molar-refractivity contribution in [3.63, 3.8) is 0 Å². The Hall–Kier alpha value is -4.60. The van der Waals surface area contributed by atoms with Crippen molar-refractivity contribution in [1.82, 2.24) is 14.5 Å². The van der Waals surface area contributed by atoms with Crippen LogP contribution in [0.3, 0.4) is 0 Å². The minimum Gasteiger partial charge on any atom is -0.495 e. The number of aromatic hydroxyl groups is 1. The van der Waals surface area contributed by atoms with Crippen LogP contribution >= 0.6 is 0 Å². The normalized spacial score (nSPS) is 12.2. The van der Waals surface area contributed by atoms with Crippen molar-refractivity contribution in [2.45, 2.75) is 12.5 Å². The molecule has 1 atom stereocenters. The Morgan fingerprint density at radius 2 is 1.88 bits per heavy atom. The molecule has 10 heteroatoms. The van der Waals surface area contributed by atoms with Crippen molar-refractivity contribution in [1.29, 1.82) is 0 Å². The summed E-state index contributed by atoms with van der Waals surface area (Å²) in [7, 11) is 2.66. The van der Waals surface area contributed by atoms with Gasteiger partial charge in [0, 0.05) is 29.7 Å². The van der Waals surface area contributed by atoms with Gasteiger partial charge in [-0.05, 0) is 23.8 Å². The molecule has 4 rings (SSSR count). The Bertz CT molecular complexity index is 1500. The van der Waals surface area contributed by atoms with Gasteiger partial charge in [0.1, 0.15) is 11.3 Å². The number of aromatic nitrogens is 3. The number of ether oxygens (including phenoxy) is 2. The molecule has 0 aliphatic carbocycles.